The second kappa shape index (κ2) is 5.97. The molecule has 0 aliphatic rings. The Hall–Kier alpha value is -1.68. The van der Waals surface area contributed by atoms with Gasteiger partial charge in [0.25, 0.3) is 0 Å². The molecule has 0 aliphatic carbocycles. The highest BCUT2D eigenvalue weighted by atomic mass is 79.9. The fourth-order valence-corrected chi connectivity index (χ4v) is 1.98. The van der Waals surface area contributed by atoms with Crippen LogP contribution in [-0.2, 0) is 0 Å². The normalized spacial score (nSPS) is 10.3. The third kappa shape index (κ3) is 3.20. The molecule has 0 heterocycles. The molecule has 0 bridgehead atoms. The van der Waals surface area contributed by atoms with Gasteiger partial charge in [0.1, 0.15) is 17.3 Å². The van der Waals surface area contributed by atoms with Crippen LogP contribution in [0.3, 0.4) is 0 Å². The molecule has 0 amide bonds. The first-order valence-corrected chi connectivity index (χ1v) is 6.66. The van der Waals surface area contributed by atoms with E-state index in [0.717, 1.165) is 0 Å². The molecular formula is C15H12BrFO2. The van der Waals surface area contributed by atoms with E-state index in [1.807, 2.05) is 0 Å². The molecule has 0 aromatic heterocycles. The summed E-state index contributed by atoms with van der Waals surface area (Å²) in [5, 5.41) is 0. The first kappa shape index (κ1) is 13.7. The van der Waals surface area contributed by atoms with Gasteiger partial charge in [-0.1, -0.05) is 19.1 Å². The van der Waals surface area contributed by atoms with Gasteiger partial charge in [-0.3, -0.25) is 4.79 Å². The van der Waals surface area contributed by atoms with E-state index in [-0.39, 0.29) is 5.78 Å². The Balaban J connectivity index is 2.38. The van der Waals surface area contributed by atoms with Gasteiger partial charge < -0.3 is 4.74 Å². The standard InChI is InChI=1S/C15H12BrFO2/c1-2-13(18)11-5-3-4-6-14(11)19-15-9-10(17)7-8-12(15)16/h3-9H,2H2,1H3. The fourth-order valence-electron chi connectivity index (χ4n) is 1.65. The minimum atomic E-state index is -0.391. The van der Waals surface area contributed by atoms with Gasteiger partial charge in [0.2, 0.25) is 0 Å². The van der Waals surface area contributed by atoms with Crippen LogP contribution in [0.4, 0.5) is 4.39 Å². The highest BCUT2D eigenvalue weighted by molar-refractivity contribution is 9.10. The van der Waals surface area contributed by atoms with Crippen LogP contribution in [0.1, 0.15) is 23.7 Å². The van der Waals surface area contributed by atoms with E-state index < -0.39 is 5.82 Å². The third-order valence-electron chi connectivity index (χ3n) is 2.62. The lowest BCUT2D eigenvalue weighted by Crippen LogP contribution is -2.00. The summed E-state index contributed by atoms with van der Waals surface area (Å²) in [6, 6.07) is 11.1. The minimum absolute atomic E-state index is 0.0110. The smallest absolute Gasteiger partial charge is 0.166 e. The van der Waals surface area contributed by atoms with Gasteiger partial charge in [0, 0.05) is 12.5 Å². The van der Waals surface area contributed by atoms with Gasteiger partial charge >= 0.3 is 0 Å². The highest BCUT2D eigenvalue weighted by Gasteiger charge is 2.12. The number of ether oxygens (including phenoxy) is 1. The van der Waals surface area contributed by atoms with Crippen LogP contribution in [0, 0.1) is 5.82 Å². The van der Waals surface area contributed by atoms with Crippen LogP contribution in [0.5, 0.6) is 11.5 Å². The lowest BCUT2D eigenvalue weighted by Gasteiger charge is -2.11. The van der Waals surface area contributed by atoms with E-state index in [4.69, 9.17) is 4.74 Å². The summed E-state index contributed by atoms with van der Waals surface area (Å²) in [6.45, 7) is 1.79. The average Bonchev–Trinajstić information content (AvgIpc) is 2.42. The number of carbonyl (C=O) groups excluding carboxylic acids is 1. The zero-order valence-corrected chi connectivity index (χ0v) is 11.9. The van der Waals surface area contributed by atoms with Crippen molar-refractivity contribution in [3.05, 3.63) is 58.3 Å². The number of benzene rings is 2. The van der Waals surface area contributed by atoms with Crippen molar-refractivity contribution in [2.75, 3.05) is 0 Å². The molecule has 0 unspecified atom stereocenters. The predicted octanol–water partition coefficient (Wildman–Crippen LogP) is 4.97. The maximum atomic E-state index is 13.2. The summed E-state index contributed by atoms with van der Waals surface area (Å²) >= 11 is 3.29. The zero-order chi connectivity index (χ0) is 13.8. The molecule has 2 nitrogen and oxygen atoms in total. The summed E-state index contributed by atoms with van der Waals surface area (Å²) in [6.07, 6.45) is 0.394. The van der Waals surface area contributed by atoms with Crippen molar-refractivity contribution in [1.82, 2.24) is 0 Å². The molecule has 2 aromatic carbocycles. The monoisotopic (exact) mass is 322 g/mol. The molecule has 0 N–H and O–H groups in total. The molecule has 2 aromatic rings. The molecule has 0 saturated heterocycles. The molecule has 4 heteroatoms. The summed E-state index contributed by atoms with van der Waals surface area (Å²) < 4.78 is 19.5. The third-order valence-corrected chi connectivity index (χ3v) is 3.28. The topological polar surface area (TPSA) is 26.3 Å². The second-order valence-electron chi connectivity index (χ2n) is 3.95. The molecule has 0 radical (unpaired) electrons. The number of carbonyl (C=O) groups is 1. The van der Waals surface area contributed by atoms with Gasteiger partial charge in [0.05, 0.1) is 10.0 Å². The van der Waals surface area contributed by atoms with E-state index in [1.54, 1.807) is 37.3 Å². The molecule has 0 saturated carbocycles. The Bertz CT molecular complexity index is 611. The number of Topliss-reactive ketones (excluding diaryl/α,β-unsaturated/α-hetero) is 1. The number of halogens is 2. The van der Waals surface area contributed by atoms with E-state index >= 15 is 0 Å². The summed E-state index contributed by atoms with van der Waals surface area (Å²) in [5.41, 5.74) is 0.501. The molecule has 98 valence electrons. The van der Waals surface area contributed by atoms with Gasteiger partial charge in [-0.2, -0.15) is 0 Å². The summed E-state index contributed by atoms with van der Waals surface area (Å²) in [7, 11) is 0. The fraction of sp³-hybridized carbons (Fsp3) is 0.133. The van der Waals surface area contributed by atoms with Crippen molar-refractivity contribution in [3.63, 3.8) is 0 Å². The van der Waals surface area contributed by atoms with E-state index in [2.05, 4.69) is 15.9 Å². The van der Waals surface area contributed by atoms with Crippen molar-refractivity contribution >= 4 is 21.7 Å². The lowest BCUT2D eigenvalue weighted by molar-refractivity contribution is 0.0986. The molecule has 0 aliphatic heterocycles. The van der Waals surface area contributed by atoms with Crippen LogP contribution in [0.2, 0.25) is 0 Å². The average molecular weight is 323 g/mol. The SMILES string of the molecule is CCC(=O)c1ccccc1Oc1cc(F)ccc1Br. The van der Waals surface area contributed by atoms with Crippen LogP contribution in [-0.4, -0.2) is 5.78 Å². The molecular weight excluding hydrogens is 311 g/mol. The first-order valence-electron chi connectivity index (χ1n) is 5.87. The van der Waals surface area contributed by atoms with Crippen molar-refractivity contribution in [1.29, 1.82) is 0 Å². The van der Waals surface area contributed by atoms with Crippen molar-refractivity contribution in [2.24, 2.45) is 0 Å². The Morgan fingerprint density at radius 3 is 2.68 bits per heavy atom. The van der Waals surface area contributed by atoms with E-state index in [9.17, 15) is 9.18 Å². The molecule has 19 heavy (non-hydrogen) atoms. The second-order valence-corrected chi connectivity index (χ2v) is 4.80. The first-order chi connectivity index (χ1) is 9.11. The highest BCUT2D eigenvalue weighted by Crippen LogP contribution is 2.32. The van der Waals surface area contributed by atoms with Crippen LogP contribution < -0.4 is 4.74 Å². The molecule has 0 spiro atoms. The number of para-hydroxylation sites is 1. The van der Waals surface area contributed by atoms with Gasteiger partial charge in [-0.15, -0.1) is 0 Å². The summed E-state index contributed by atoms with van der Waals surface area (Å²) in [4.78, 5) is 11.8. The number of hydrogen-bond acceptors (Lipinski definition) is 2. The quantitative estimate of drug-likeness (QED) is 0.742. The van der Waals surface area contributed by atoms with E-state index in [0.29, 0.717) is 28.0 Å². The Kier molecular flexibility index (Phi) is 4.32. The Morgan fingerprint density at radius 2 is 1.95 bits per heavy atom. The van der Waals surface area contributed by atoms with Crippen LogP contribution in [0.25, 0.3) is 0 Å². The van der Waals surface area contributed by atoms with Gasteiger partial charge in [-0.05, 0) is 40.2 Å². The molecule has 0 atom stereocenters. The maximum Gasteiger partial charge on any atom is 0.166 e. The van der Waals surface area contributed by atoms with Crippen LogP contribution in [0.15, 0.2) is 46.9 Å². The van der Waals surface area contributed by atoms with Crippen molar-refractivity contribution < 1.29 is 13.9 Å². The summed E-state index contributed by atoms with van der Waals surface area (Å²) in [5.74, 6) is 0.373. The Morgan fingerprint density at radius 1 is 1.21 bits per heavy atom. The maximum absolute atomic E-state index is 13.2. The number of ketones is 1. The number of rotatable bonds is 4. The molecule has 0 fully saturated rings. The van der Waals surface area contributed by atoms with E-state index in [1.165, 1.54) is 12.1 Å². The lowest BCUT2D eigenvalue weighted by atomic mass is 10.1. The van der Waals surface area contributed by atoms with Crippen molar-refractivity contribution in [2.45, 2.75) is 13.3 Å². The van der Waals surface area contributed by atoms with Crippen LogP contribution >= 0.6 is 15.9 Å². The largest absolute Gasteiger partial charge is 0.455 e. The van der Waals surface area contributed by atoms with Crippen molar-refractivity contribution in [3.8, 4) is 11.5 Å². The number of hydrogen-bond donors (Lipinski definition) is 0. The van der Waals surface area contributed by atoms with Gasteiger partial charge in [-0.25, -0.2) is 4.39 Å². The minimum Gasteiger partial charge on any atom is -0.455 e. The zero-order valence-electron chi connectivity index (χ0n) is 10.3. The Labute approximate surface area is 119 Å². The predicted molar refractivity (Wildman–Crippen MR) is 75.2 cm³/mol. The molecule has 2 rings (SSSR count). The van der Waals surface area contributed by atoms with Gasteiger partial charge in [0.15, 0.2) is 5.78 Å².